The van der Waals surface area contributed by atoms with Crippen LogP contribution in [0.2, 0.25) is 5.28 Å². The summed E-state index contributed by atoms with van der Waals surface area (Å²) in [6.07, 6.45) is 6.60. The molecule has 0 spiro atoms. The number of aromatic nitrogens is 3. The molecule has 24 heavy (non-hydrogen) atoms. The Morgan fingerprint density at radius 1 is 1.17 bits per heavy atom. The van der Waals surface area contributed by atoms with E-state index in [4.69, 9.17) is 16.6 Å². The van der Waals surface area contributed by atoms with Gasteiger partial charge in [0.25, 0.3) is 0 Å². The number of imidazole rings is 1. The van der Waals surface area contributed by atoms with Crippen LogP contribution in [-0.4, -0.2) is 14.5 Å². The van der Waals surface area contributed by atoms with E-state index in [0.29, 0.717) is 11.2 Å². The van der Waals surface area contributed by atoms with Crippen LogP contribution in [0.4, 0.5) is 0 Å². The Labute approximate surface area is 151 Å². The lowest BCUT2D eigenvalue weighted by Crippen LogP contribution is -2.04. The largest absolute Gasteiger partial charge is 0.312 e. The highest BCUT2D eigenvalue weighted by molar-refractivity contribution is 7.13. The van der Waals surface area contributed by atoms with Crippen molar-refractivity contribution in [2.45, 2.75) is 57.9 Å². The van der Waals surface area contributed by atoms with Gasteiger partial charge in [-0.2, -0.15) is 0 Å². The number of fused-ring (bicyclic) bond motifs is 1. The molecule has 3 nitrogen and oxygen atoms in total. The van der Waals surface area contributed by atoms with Gasteiger partial charge in [0.1, 0.15) is 10.5 Å². The summed E-state index contributed by atoms with van der Waals surface area (Å²) in [6, 6.07) is 6.57. The van der Waals surface area contributed by atoms with Crippen molar-refractivity contribution in [2.24, 2.45) is 0 Å². The van der Waals surface area contributed by atoms with Crippen LogP contribution in [0.1, 0.15) is 63.6 Å². The molecule has 126 valence electrons. The molecule has 5 heteroatoms. The second-order valence-electron chi connectivity index (χ2n) is 6.93. The minimum atomic E-state index is 0.284. The Morgan fingerprint density at radius 3 is 2.71 bits per heavy atom. The van der Waals surface area contributed by atoms with E-state index in [1.54, 1.807) is 11.3 Å². The Hall–Kier alpha value is -1.39. The second-order valence-corrected chi connectivity index (χ2v) is 8.13. The predicted octanol–water partition coefficient (Wildman–Crippen LogP) is 6.44. The maximum atomic E-state index is 6.38. The molecular weight excluding hydrogens is 338 g/mol. The molecule has 0 saturated heterocycles. The SMILES string of the molecule is CC(C)n1c(Cl)nc2c(-c3nc(C4CCCCC4)cs3)cccc21. The van der Waals surface area contributed by atoms with E-state index in [9.17, 15) is 0 Å². The Kier molecular flexibility index (Phi) is 4.35. The number of hydrogen-bond donors (Lipinski definition) is 0. The summed E-state index contributed by atoms with van der Waals surface area (Å²) in [5.74, 6) is 0.639. The van der Waals surface area contributed by atoms with Gasteiger partial charge in [-0.1, -0.05) is 25.3 Å². The zero-order chi connectivity index (χ0) is 16.7. The molecule has 0 N–H and O–H groups in total. The molecule has 0 bridgehead atoms. The van der Waals surface area contributed by atoms with Crippen LogP contribution in [-0.2, 0) is 0 Å². The van der Waals surface area contributed by atoms with Gasteiger partial charge in [-0.25, -0.2) is 9.97 Å². The first kappa shape index (κ1) is 16.1. The van der Waals surface area contributed by atoms with Crippen molar-refractivity contribution in [3.8, 4) is 10.6 Å². The van der Waals surface area contributed by atoms with E-state index >= 15 is 0 Å². The van der Waals surface area contributed by atoms with Crippen molar-refractivity contribution in [1.29, 1.82) is 0 Å². The quantitative estimate of drug-likeness (QED) is 0.538. The van der Waals surface area contributed by atoms with E-state index in [0.717, 1.165) is 21.6 Å². The van der Waals surface area contributed by atoms with Gasteiger partial charge in [0.15, 0.2) is 0 Å². The van der Waals surface area contributed by atoms with Crippen molar-refractivity contribution in [1.82, 2.24) is 14.5 Å². The van der Waals surface area contributed by atoms with Gasteiger partial charge in [-0.05, 0) is 50.4 Å². The first-order valence-electron chi connectivity index (χ1n) is 8.77. The highest BCUT2D eigenvalue weighted by Crippen LogP contribution is 2.37. The fraction of sp³-hybridized carbons (Fsp3) is 0.474. The van der Waals surface area contributed by atoms with Crippen molar-refractivity contribution < 1.29 is 0 Å². The molecule has 3 aromatic rings. The van der Waals surface area contributed by atoms with Crippen LogP contribution in [0, 0.1) is 0 Å². The van der Waals surface area contributed by atoms with E-state index in [1.807, 2.05) is 0 Å². The van der Waals surface area contributed by atoms with Gasteiger partial charge in [0.2, 0.25) is 5.28 Å². The molecule has 1 fully saturated rings. The lowest BCUT2D eigenvalue weighted by molar-refractivity contribution is 0.438. The molecule has 2 aromatic heterocycles. The molecular formula is C19H22ClN3S. The van der Waals surface area contributed by atoms with Crippen LogP contribution in [0.15, 0.2) is 23.6 Å². The number of hydrogen-bond acceptors (Lipinski definition) is 3. The zero-order valence-corrected chi connectivity index (χ0v) is 15.7. The molecule has 4 rings (SSSR count). The third-order valence-electron chi connectivity index (χ3n) is 4.97. The number of halogens is 1. The Morgan fingerprint density at radius 2 is 1.96 bits per heavy atom. The smallest absolute Gasteiger partial charge is 0.204 e. The number of para-hydroxylation sites is 1. The summed E-state index contributed by atoms with van der Waals surface area (Å²) in [6.45, 7) is 4.26. The molecule has 0 atom stereocenters. The molecule has 0 radical (unpaired) electrons. The van der Waals surface area contributed by atoms with Gasteiger partial charge in [-0.15, -0.1) is 11.3 Å². The average Bonchev–Trinajstić information content (AvgIpc) is 3.19. The molecule has 1 aliphatic carbocycles. The van der Waals surface area contributed by atoms with Crippen LogP contribution in [0.5, 0.6) is 0 Å². The zero-order valence-electron chi connectivity index (χ0n) is 14.1. The monoisotopic (exact) mass is 359 g/mol. The van der Waals surface area contributed by atoms with E-state index < -0.39 is 0 Å². The summed E-state index contributed by atoms with van der Waals surface area (Å²) in [4.78, 5) is 9.59. The fourth-order valence-corrected chi connectivity index (χ4v) is 5.05. The van der Waals surface area contributed by atoms with Gasteiger partial charge >= 0.3 is 0 Å². The van der Waals surface area contributed by atoms with Crippen molar-refractivity contribution in [3.63, 3.8) is 0 Å². The number of nitrogens with zero attached hydrogens (tertiary/aromatic N) is 3. The Balaban J connectivity index is 1.77. The topological polar surface area (TPSA) is 30.7 Å². The fourth-order valence-electron chi connectivity index (χ4n) is 3.75. The maximum absolute atomic E-state index is 6.38. The molecule has 1 aliphatic rings. The normalized spacial score (nSPS) is 16.3. The average molecular weight is 360 g/mol. The number of benzene rings is 1. The number of rotatable bonds is 3. The van der Waals surface area contributed by atoms with Gasteiger partial charge in [0.05, 0.1) is 11.2 Å². The molecule has 0 aliphatic heterocycles. The van der Waals surface area contributed by atoms with Gasteiger partial charge in [0, 0.05) is 22.9 Å². The Bertz CT molecular complexity index is 859. The second kappa shape index (κ2) is 6.49. The van der Waals surface area contributed by atoms with Gasteiger partial charge in [-0.3, -0.25) is 0 Å². The lowest BCUT2D eigenvalue weighted by Gasteiger charge is -2.19. The summed E-state index contributed by atoms with van der Waals surface area (Å²) >= 11 is 8.12. The van der Waals surface area contributed by atoms with Crippen LogP contribution >= 0.6 is 22.9 Å². The third kappa shape index (κ3) is 2.76. The van der Waals surface area contributed by atoms with Gasteiger partial charge < -0.3 is 4.57 Å². The van der Waals surface area contributed by atoms with Crippen LogP contribution in [0.25, 0.3) is 21.6 Å². The van der Waals surface area contributed by atoms with E-state index in [1.165, 1.54) is 37.8 Å². The summed E-state index contributed by atoms with van der Waals surface area (Å²) < 4.78 is 2.08. The summed E-state index contributed by atoms with van der Waals surface area (Å²) in [5.41, 5.74) is 4.41. The van der Waals surface area contributed by atoms with Crippen LogP contribution < -0.4 is 0 Å². The van der Waals surface area contributed by atoms with E-state index in [-0.39, 0.29) is 6.04 Å². The highest BCUT2D eigenvalue weighted by Gasteiger charge is 2.20. The molecule has 0 amide bonds. The predicted molar refractivity (Wildman–Crippen MR) is 102 cm³/mol. The van der Waals surface area contributed by atoms with Crippen molar-refractivity contribution in [3.05, 3.63) is 34.6 Å². The third-order valence-corrected chi connectivity index (χ3v) is 6.13. The minimum Gasteiger partial charge on any atom is -0.312 e. The maximum Gasteiger partial charge on any atom is 0.204 e. The first-order valence-corrected chi connectivity index (χ1v) is 10.0. The highest BCUT2D eigenvalue weighted by atomic mass is 35.5. The van der Waals surface area contributed by atoms with Crippen molar-refractivity contribution in [2.75, 3.05) is 0 Å². The molecule has 1 aromatic carbocycles. The first-order chi connectivity index (χ1) is 11.6. The lowest BCUT2D eigenvalue weighted by atomic mass is 9.87. The molecule has 0 unspecified atom stereocenters. The number of thiazole rings is 1. The summed E-state index contributed by atoms with van der Waals surface area (Å²) in [5, 5.41) is 3.85. The van der Waals surface area contributed by atoms with Crippen LogP contribution in [0.3, 0.4) is 0 Å². The standard InChI is InChI=1S/C19H22ClN3S/c1-12(2)23-16-10-6-9-14(17(16)22-19(23)20)18-21-15(11-24-18)13-7-4-3-5-8-13/h6,9-13H,3-5,7-8H2,1-2H3. The van der Waals surface area contributed by atoms with E-state index in [2.05, 4.69) is 47.0 Å². The van der Waals surface area contributed by atoms with Crippen molar-refractivity contribution >= 4 is 34.0 Å². The molecule has 1 saturated carbocycles. The summed E-state index contributed by atoms with van der Waals surface area (Å²) in [7, 11) is 0. The molecule has 2 heterocycles. The minimum absolute atomic E-state index is 0.284.